The van der Waals surface area contributed by atoms with Crippen molar-refractivity contribution in [2.75, 3.05) is 7.11 Å². The molecule has 0 spiro atoms. The summed E-state index contributed by atoms with van der Waals surface area (Å²) in [4.78, 5) is 13.8. The number of carbonyl (C=O) groups is 1. The molecule has 0 aliphatic carbocycles. The molecule has 0 unspecified atom stereocenters. The van der Waals surface area contributed by atoms with Crippen LogP contribution >= 0.6 is 11.3 Å². The largest absolute Gasteiger partial charge is 0.464 e. The first-order valence-electron chi connectivity index (χ1n) is 4.61. The second-order valence-corrected chi connectivity index (χ2v) is 6.30. The number of esters is 1. The average Bonchev–Trinajstić information content (AvgIpc) is 2.98. The van der Waals surface area contributed by atoms with Gasteiger partial charge in [-0.2, -0.15) is 0 Å². The van der Waals surface area contributed by atoms with Gasteiger partial charge >= 0.3 is 5.97 Å². The molecule has 90 valence electrons. The maximum absolute atomic E-state index is 12.1. The molecular formula is C10H9NO4S2. The van der Waals surface area contributed by atoms with Gasteiger partial charge in [0.15, 0.2) is 0 Å². The van der Waals surface area contributed by atoms with Crippen LogP contribution in [0.3, 0.4) is 0 Å². The highest BCUT2D eigenvalue weighted by atomic mass is 32.2. The molecule has 0 bridgehead atoms. The van der Waals surface area contributed by atoms with Crippen molar-refractivity contribution >= 4 is 27.1 Å². The number of aromatic amines is 1. The van der Waals surface area contributed by atoms with Gasteiger partial charge in [-0.05, 0) is 17.5 Å². The van der Waals surface area contributed by atoms with Gasteiger partial charge in [0.1, 0.15) is 9.90 Å². The Labute approximate surface area is 102 Å². The van der Waals surface area contributed by atoms with E-state index in [1.807, 2.05) is 0 Å². The van der Waals surface area contributed by atoms with E-state index in [0.717, 1.165) is 11.3 Å². The van der Waals surface area contributed by atoms with Gasteiger partial charge in [-0.15, -0.1) is 11.3 Å². The Bertz CT molecular complexity index is 625. The van der Waals surface area contributed by atoms with Crippen LogP contribution in [-0.4, -0.2) is 26.5 Å². The number of carbonyl (C=O) groups excluding carboxylic acids is 1. The maximum Gasteiger partial charge on any atom is 0.354 e. The Kier molecular flexibility index (Phi) is 3.03. The summed E-state index contributed by atoms with van der Waals surface area (Å²) in [6.07, 6.45) is 1.28. The van der Waals surface area contributed by atoms with Crippen molar-refractivity contribution in [3.63, 3.8) is 0 Å². The number of methoxy groups -OCH3 is 1. The molecule has 5 nitrogen and oxygen atoms in total. The summed E-state index contributed by atoms with van der Waals surface area (Å²) in [5, 5.41) is 1.68. The summed E-state index contributed by atoms with van der Waals surface area (Å²) in [5.41, 5.74) is 0.114. The Balaban J connectivity index is 2.42. The molecule has 2 rings (SSSR count). The van der Waals surface area contributed by atoms with Crippen LogP contribution in [0, 0.1) is 0 Å². The van der Waals surface area contributed by atoms with E-state index in [2.05, 4.69) is 9.72 Å². The fourth-order valence-electron chi connectivity index (χ4n) is 1.29. The smallest absolute Gasteiger partial charge is 0.354 e. The van der Waals surface area contributed by atoms with Gasteiger partial charge in [0.2, 0.25) is 9.84 Å². The van der Waals surface area contributed by atoms with Crippen LogP contribution in [0.4, 0.5) is 0 Å². The van der Waals surface area contributed by atoms with E-state index in [9.17, 15) is 13.2 Å². The predicted molar refractivity (Wildman–Crippen MR) is 61.9 cm³/mol. The minimum absolute atomic E-state index is 0.0559. The van der Waals surface area contributed by atoms with E-state index in [0.29, 0.717) is 0 Å². The third-order valence-electron chi connectivity index (χ3n) is 2.13. The fraction of sp³-hybridized carbons (Fsp3) is 0.100. The summed E-state index contributed by atoms with van der Waals surface area (Å²) in [5.74, 6) is -0.599. The van der Waals surface area contributed by atoms with Gasteiger partial charge < -0.3 is 9.72 Å². The lowest BCUT2D eigenvalue weighted by molar-refractivity contribution is 0.0595. The first-order chi connectivity index (χ1) is 8.05. The number of ether oxygens (including phenoxy) is 1. The van der Waals surface area contributed by atoms with Crippen LogP contribution < -0.4 is 0 Å². The summed E-state index contributed by atoms with van der Waals surface area (Å²) in [6.45, 7) is 0. The predicted octanol–water partition coefficient (Wildman–Crippen LogP) is 1.70. The van der Waals surface area contributed by atoms with Crippen LogP contribution in [0.15, 0.2) is 38.9 Å². The molecule has 0 aromatic carbocycles. The van der Waals surface area contributed by atoms with Gasteiger partial charge in [-0.3, -0.25) is 0 Å². The quantitative estimate of drug-likeness (QED) is 0.862. The summed E-state index contributed by atoms with van der Waals surface area (Å²) >= 11 is 1.13. The van der Waals surface area contributed by atoms with Crippen LogP contribution in [0.5, 0.6) is 0 Å². The van der Waals surface area contributed by atoms with Crippen molar-refractivity contribution in [2.45, 2.75) is 9.10 Å². The standard InChI is InChI=1S/C10H9NO4S2/c1-15-10(12)8-5-7(6-11-8)17(13,14)9-3-2-4-16-9/h2-6,11H,1H3. The summed E-state index contributed by atoms with van der Waals surface area (Å²) < 4.78 is 28.8. The Morgan fingerprint density at radius 3 is 2.82 bits per heavy atom. The second kappa shape index (κ2) is 4.34. The molecule has 2 aromatic heterocycles. The normalized spacial score (nSPS) is 11.4. The molecule has 0 atom stereocenters. The Morgan fingerprint density at radius 2 is 2.24 bits per heavy atom. The molecule has 7 heteroatoms. The van der Waals surface area contributed by atoms with Gasteiger partial charge in [0.05, 0.1) is 12.0 Å². The Morgan fingerprint density at radius 1 is 1.47 bits per heavy atom. The van der Waals surface area contributed by atoms with Gasteiger partial charge in [0.25, 0.3) is 0 Å². The molecule has 17 heavy (non-hydrogen) atoms. The van der Waals surface area contributed by atoms with Crippen LogP contribution in [-0.2, 0) is 14.6 Å². The average molecular weight is 271 g/mol. The number of nitrogens with one attached hydrogen (secondary N) is 1. The molecule has 0 amide bonds. The van der Waals surface area contributed by atoms with Crippen molar-refractivity contribution in [3.8, 4) is 0 Å². The zero-order chi connectivity index (χ0) is 12.5. The molecule has 0 saturated carbocycles. The van der Waals surface area contributed by atoms with Crippen molar-refractivity contribution in [1.29, 1.82) is 0 Å². The summed E-state index contributed by atoms with van der Waals surface area (Å²) in [6, 6.07) is 4.44. The molecule has 0 radical (unpaired) electrons. The second-order valence-electron chi connectivity index (χ2n) is 3.18. The number of rotatable bonds is 3. The third-order valence-corrected chi connectivity index (χ3v) is 5.26. The molecule has 0 aliphatic heterocycles. The molecule has 2 heterocycles. The lowest BCUT2D eigenvalue weighted by Gasteiger charge is -1.96. The molecule has 2 aromatic rings. The highest BCUT2D eigenvalue weighted by Gasteiger charge is 2.21. The monoisotopic (exact) mass is 271 g/mol. The van der Waals surface area contributed by atoms with Crippen LogP contribution in [0.1, 0.15) is 10.5 Å². The summed E-state index contributed by atoms with van der Waals surface area (Å²) in [7, 11) is -2.30. The zero-order valence-corrected chi connectivity index (χ0v) is 10.5. The molecule has 0 fully saturated rings. The highest BCUT2D eigenvalue weighted by Crippen LogP contribution is 2.25. The highest BCUT2D eigenvalue weighted by molar-refractivity contribution is 7.93. The number of hydrogen-bond donors (Lipinski definition) is 1. The van der Waals surface area contributed by atoms with Crippen molar-refractivity contribution in [1.82, 2.24) is 4.98 Å². The zero-order valence-electron chi connectivity index (χ0n) is 8.84. The van der Waals surface area contributed by atoms with Gasteiger partial charge in [-0.25, -0.2) is 13.2 Å². The number of thiophene rings is 1. The maximum atomic E-state index is 12.1. The van der Waals surface area contributed by atoms with E-state index < -0.39 is 15.8 Å². The van der Waals surface area contributed by atoms with Crippen molar-refractivity contribution in [3.05, 3.63) is 35.5 Å². The topological polar surface area (TPSA) is 76.2 Å². The number of aromatic nitrogens is 1. The lowest BCUT2D eigenvalue weighted by Crippen LogP contribution is -2.01. The van der Waals surface area contributed by atoms with Gasteiger partial charge in [0, 0.05) is 6.20 Å². The minimum atomic E-state index is -3.54. The van der Waals surface area contributed by atoms with Crippen molar-refractivity contribution in [2.24, 2.45) is 0 Å². The van der Waals surface area contributed by atoms with Crippen LogP contribution in [0.2, 0.25) is 0 Å². The Hall–Kier alpha value is -1.60. The number of sulfone groups is 1. The van der Waals surface area contributed by atoms with Gasteiger partial charge in [-0.1, -0.05) is 6.07 Å². The number of hydrogen-bond acceptors (Lipinski definition) is 5. The van der Waals surface area contributed by atoms with E-state index in [1.165, 1.54) is 25.4 Å². The fourth-order valence-corrected chi connectivity index (χ4v) is 3.68. The van der Waals surface area contributed by atoms with E-state index >= 15 is 0 Å². The van der Waals surface area contributed by atoms with Crippen molar-refractivity contribution < 1.29 is 17.9 Å². The third kappa shape index (κ3) is 2.11. The molecular weight excluding hydrogens is 262 g/mol. The molecule has 1 N–H and O–H groups in total. The lowest BCUT2D eigenvalue weighted by atomic mass is 10.4. The van der Waals surface area contributed by atoms with E-state index in [-0.39, 0.29) is 14.8 Å². The minimum Gasteiger partial charge on any atom is -0.464 e. The molecule has 0 saturated heterocycles. The SMILES string of the molecule is COC(=O)c1cc(S(=O)(=O)c2cccs2)c[nH]1. The first kappa shape index (κ1) is 11.9. The van der Waals surface area contributed by atoms with E-state index in [4.69, 9.17) is 0 Å². The molecule has 0 aliphatic rings. The number of H-pyrrole nitrogens is 1. The van der Waals surface area contributed by atoms with E-state index in [1.54, 1.807) is 11.4 Å². The van der Waals surface area contributed by atoms with Crippen LogP contribution in [0.25, 0.3) is 0 Å². The first-order valence-corrected chi connectivity index (χ1v) is 6.97.